The predicted octanol–water partition coefficient (Wildman–Crippen LogP) is 1.33. The number of hydrogen-bond acceptors (Lipinski definition) is 6. The summed E-state index contributed by atoms with van der Waals surface area (Å²) in [5, 5.41) is 8.63. The highest BCUT2D eigenvalue weighted by atomic mass is 16.5. The van der Waals surface area contributed by atoms with Gasteiger partial charge in [-0.3, -0.25) is 20.0 Å². The van der Waals surface area contributed by atoms with E-state index in [9.17, 15) is 9.59 Å². The van der Waals surface area contributed by atoms with Gasteiger partial charge in [0, 0.05) is 17.5 Å². The fourth-order valence-corrected chi connectivity index (χ4v) is 2.66. The predicted molar refractivity (Wildman–Crippen MR) is 100 cm³/mol. The summed E-state index contributed by atoms with van der Waals surface area (Å²) in [6, 6.07) is 0. The van der Waals surface area contributed by atoms with E-state index in [-0.39, 0.29) is 12.5 Å². The Kier molecular flexibility index (Phi) is 7.45. The largest absolute Gasteiger partial charge is 0.461 e. The number of carbonyl (C=O) groups excluding carboxylic acids is 2. The van der Waals surface area contributed by atoms with E-state index in [0.29, 0.717) is 22.9 Å². The van der Waals surface area contributed by atoms with Crippen LogP contribution in [0.2, 0.25) is 0 Å². The summed E-state index contributed by atoms with van der Waals surface area (Å²) in [6.45, 7) is -1.81. The first-order chi connectivity index (χ1) is 13.5. The number of nitrogens with zero attached hydrogens (tertiary/aromatic N) is 3. The van der Waals surface area contributed by atoms with Crippen LogP contribution in [0.15, 0.2) is 4.99 Å². The number of esters is 1. The highest BCUT2D eigenvalue weighted by molar-refractivity contribution is 5.94. The molecule has 0 radical (unpaired) electrons. The van der Waals surface area contributed by atoms with Gasteiger partial charge >= 0.3 is 5.97 Å². The molecule has 0 saturated heterocycles. The molecule has 5 N–H and O–H groups in total. The molecule has 1 unspecified atom stereocenters. The maximum Gasteiger partial charge on any atom is 0.328 e. The fourth-order valence-electron chi connectivity index (χ4n) is 2.66. The molecule has 0 aromatic heterocycles. The van der Waals surface area contributed by atoms with Gasteiger partial charge < -0.3 is 16.2 Å². The van der Waals surface area contributed by atoms with E-state index in [1.807, 2.05) is 0 Å². The Morgan fingerprint density at radius 2 is 1.88 bits per heavy atom. The third-order valence-electron chi connectivity index (χ3n) is 4.09. The standard InChI is InChI=1S/C17H32N6O3/c1-13-10-8-6-4-3-5-7-9-11-14(24)21-17(20)23(12-15(25)26-13)22(2)16(18)19/h13H,3-12H2,1-2H3,(H3,18,19)(H2,20,21,24)/i2D3. The summed E-state index contributed by atoms with van der Waals surface area (Å²) in [6.07, 6.45) is 7.12. The Hall–Kier alpha value is -2.32. The van der Waals surface area contributed by atoms with Gasteiger partial charge in [-0.25, -0.2) is 5.01 Å². The molecule has 9 nitrogen and oxygen atoms in total. The summed E-state index contributed by atoms with van der Waals surface area (Å²) in [4.78, 5) is 28.2. The monoisotopic (exact) mass is 371 g/mol. The van der Waals surface area contributed by atoms with Crippen molar-refractivity contribution in [2.24, 2.45) is 16.5 Å². The number of amides is 1. The van der Waals surface area contributed by atoms with Crippen LogP contribution in [0.25, 0.3) is 0 Å². The lowest BCUT2D eigenvalue weighted by Gasteiger charge is -2.32. The zero-order chi connectivity index (χ0) is 22.0. The fraction of sp³-hybridized carbons (Fsp3) is 0.765. The average molecular weight is 372 g/mol. The highest BCUT2D eigenvalue weighted by Crippen LogP contribution is 2.13. The number of nitrogens with one attached hydrogen (secondary N) is 1. The number of cyclic esters (lactones) is 1. The number of hydrazine groups is 1. The highest BCUT2D eigenvalue weighted by Gasteiger charge is 2.22. The molecule has 0 bridgehead atoms. The molecule has 9 heteroatoms. The summed E-state index contributed by atoms with van der Waals surface area (Å²) < 4.78 is 28.1. The van der Waals surface area contributed by atoms with E-state index >= 15 is 0 Å². The van der Waals surface area contributed by atoms with Crippen molar-refractivity contribution in [2.45, 2.75) is 70.8 Å². The van der Waals surface area contributed by atoms with E-state index in [0.717, 1.165) is 38.5 Å². The SMILES string of the molecule is [2H]C([2H])([2H])N(C(=N)N)N1CC(=O)OC(C)CCCCCCCCCC(=O)N=C1N. The lowest BCUT2D eigenvalue weighted by molar-refractivity contribution is -0.150. The van der Waals surface area contributed by atoms with Crippen LogP contribution < -0.4 is 11.5 Å². The van der Waals surface area contributed by atoms with Crippen molar-refractivity contribution in [3.05, 3.63) is 0 Å². The van der Waals surface area contributed by atoms with Crippen molar-refractivity contribution in [3.63, 3.8) is 0 Å². The normalized spacial score (nSPS) is 24.3. The van der Waals surface area contributed by atoms with Crippen LogP contribution in [0.1, 0.15) is 68.8 Å². The number of ether oxygens (including phenoxy) is 1. The molecular weight excluding hydrogens is 336 g/mol. The second-order valence-electron chi connectivity index (χ2n) is 6.43. The Bertz CT molecular complexity index is 612. The molecule has 1 aliphatic rings. The molecule has 0 aromatic carbocycles. The number of nitrogens with two attached hydrogens (primary N) is 2. The number of hydrogen-bond donors (Lipinski definition) is 3. The van der Waals surface area contributed by atoms with Gasteiger partial charge in [-0.15, -0.1) is 0 Å². The second kappa shape index (κ2) is 11.3. The Morgan fingerprint density at radius 1 is 1.27 bits per heavy atom. The van der Waals surface area contributed by atoms with Crippen molar-refractivity contribution in [2.75, 3.05) is 13.5 Å². The molecular formula is C17H32N6O3. The molecule has 0 saturated carbocycles. The molecule has 1 heterocycles. The molecule has 1 aliphatic heterocycles. The molecule has 0 fully saturated rings. The summed E-state index contributed by atoms with van der Waals surface area (Å²) in [5.74, 6) is -2.70. The molecule has 1 atom stereocenters. The number of carbonyl (C=O) groups is 2. The quantitative estimate of drug-likeness (QED) is 0.359. The van der Waals surface area contributed by atoms with Crippen LogP contribution >= 0.6 is 0 Å². The third kappa shape index (κ3) is 8.17. The van der Waals surface area contributed by atoms with Crippen molar-refractivity contribution < 1.29 is 18.4 Å². The lowest BCUT2D eigenvalue weighted by Crippen LogP contribution is -2.55. The van der Waals surface area contributed by atoms with Gasteiger partial charge in [0.25, 0.3) is 0 Å². The first-order valence-electron chi connectivity index (χ1n) is 10.5. The molecule has 1 amide bonds. The molecule has 26 heavy (non-hydrogen) atoms. The first kappa shape index (κ1) is 17.1. The number of aliphatic imine (C=N–C) groups is 1. The van der Waals surface area contributed by atoms with Crippen LogP contribution in [0.4, 0.5) is 0 Å². The minimum absolute atomic E-state index is 0.157. The summed E-state index contributed by atoms with van der Waals surface area (Å²) >= 11 is 0. The van der Waals surface area contributed by atoms with Gasteiger partial charge in [0.05, 0.1) is 6.10 Å². The van der Waals surface area contributed by atoms with Gasteiger partial charge in [0.2, 0.25) is 17.8 Å². The minimum atomic E-state index is -2.92. The molecule has 0 spiro atoms. The maximum atomic E-state index is 12.4. The third-order valence-corrected chi connectivity index (χ3v) is 4.09. The van der Waals surface area contributed by atoms with Crippen molar-refractivity contribution in [1.82, 2.24) is 10.0 Å². The van der Waals surface area contributed by atoms with E-state index in [2.05, 4.69) is 4.99 Å². The van der Waals surface area contributed by atoms with E-state index < -0.39 is 37.3 Å². The van der Waals surface area contributed by atoms with Gasteiger partial charge in [-0.05, 0) is 26.2 Å². The molecule has 1 rings (SSSR count). The van der Waals surface area contributed by atoms with Crippen LogP contribution in [-0.2, 0) is 14.3 Å². The Labute approximate surface area is 159 Å². The lowest BCUT2D eigenvalue weighted by atomic mass is 10.1. The van der Waals surface area contributed by atoms with Gasteiger partial charge in [-0.1, -0.05) is 32.1 Å². The van der Waals surface area contributed by atoms with Gasteiger partial charge in [0.15, 0.2) is 0 Å². The van der Waals surface area contributed by atoms with Crippen LogP contribution in [-0.4, -0.2) is 53.4 Å². The Balaban J connectivity index is 3.12. The van der Waals surface area contributed by atoms with Gasteiger partial charge in [-0.2, -0.15) is 4.99 Å². The van der Waals surface area contributed by atoms with E-state index in [1.54, 1.807) is 6.92 Å². The summed E-state index contributed by atoms with van der Waals surface area (Å²) in [5.41, 5.74) is 11.2. The molecule has 0 aromatic rings. The number of rotatable bonds is 1. The molecule has 148 valence electrons. The maximum absolute atomic E-state index is 12.4. The van der Waals surface area contributed by atoms with Gasteiger partial charge in [0.1, 0.15) is 6.54 Å². The minimum Gasteiger partial charge on any atom is -0.461 e. The average Bonchev–Trinajstić information content (AvgIpc) is 2.57. The van der Waals surface area contributed by atoms with Crippen LogP contribution in [0, 0.1) is 5.41 Å². The number of guanidine groups is 2. The topological polar surface area (TPSA) is 138 Å². The Morgan fingerprint density at radius 3 is 2.50 bits per heavy atom. The van der Waals surface area contributed by atoms with Crippen molar-refractivity contribution >= 4 is 23.8 Å². The van der Waals surface area contributed by atoms with E-state index in [4.69, 9.17) is 25.7 Å². The second-order valence-corrected chi connectivity index (χ2v) is 6.43. The van der Waals surface area contributed by atoms with Crippen LogP contribution in [0.3, 0.4) is 0 Å². The zero-order valence-corrected chi connectivity index (χ0v) is 15.4. The van der Waals surface area contributed by atoms with Crippen LogP contribution in [0.5, 0.6) is 0 Å². The molecule has 0 aliphatic carbocycles. The summed E-state index contributed by atoms with van der Waals surface area (Å²) in [7, 11) is 0. The van der Waals surface area contributed by atoms with E-state index in [1.165, 1.54) is 0 Å². The van der Waals surface area contributed by atoms with Crippen molar-refractivity contribution in [1.29, 1.82) is 5.41 Å². The smallest absolute Gasteiger partial charge is 0.328 e. The van der Waals surface area contributed by atoms with Crippen molar-refractivity contribution in [3.8, 4) is 0 Å². The zero-order valence-electron chi connectivity index (χ0n) is 18.4. The first-order valence-corrected chi connectivity index (χ1v) is 9.00.